The molecule has 0 amide bonds. The zero-order valence-electron chi connectivity index (χ0n) is 17.5. The van der Waals surface area contributed by atoms with Gasteiger partial charge in [0.05, 0.1) is 11.4 Å². The molecule has 0 saturated carbocycles. The molecule has 1 atom stereocenters. The summed E-state index contributed by atoms with van der Waals surface area (Å²) in [5.74, 6) is 1.38. The van der Waals surface area contributed by atoms with Crippen LogP contribution in [0.25, 0.3) is 22.2 Å². The summed E-state index contributed by atoms with van der Waals surface area (Å²) in [5.41, 5.74) is 7.55. The number of aromatic nitrogens is 5. The quantitative estimate of drug-likeness (QED) is 0.401. The van der Waals surface area contributed by atoms with Crippen LogP contribution in [0.5, 0.6) is 11.6 Å². The second kappa shape index (κ2) is 8.97. The number of hydrogen-bond acceptors (Lipinski definition) is 7. The summed E-state index contributed by atoms with van der Waals surface area (Å²) in [5, 5.41) is 14.9. The molecule has 0 bridgehead atoms. The number of benzene rings is 1. The van der Waals surface area contributed by atoms with Gasteiger partial charge in [-0.15, -0.1) is 0 Å². The first-order valence-electron chi connectivity index (χ1n) is 10.2. The van der Waals surface area contributed by atoms with Gasteiger partial charge in [-0.1, -0.05) is 31.5 Å². The molecular formula is C22H25N7O2. The second-order valence-corrected chi connectivity index (χ2v) is 7.26. The number of nitrogens with zero attached hydrogens (tertiary/aromatic N) is 4. The fourth-order valence-corrected chi connectivity index (χ4v) is 3.65. The zero-order valence-corrected chi connectivity index (χ0v) is 17.5. The Morgan fingerprint density at radius 2 is 2.03 bits per heavy atom. The topological polar surface area (TPSA) is 124 Å². The fourth-order valence-electron chi connectivity index (χ4n) is 3.65. The number of rotatable bonds is 8. The van der Waals surface area contributed by atoms with Crippen LogP contribution in [0.4, 0.5) is 5.82 Å². The van der Waals surface area contributed by atoms with Gasteiger partial charge in [-0.05, 0) is 31.7 Å². The molecule has 31 heavy (non-hydrogen) atoms. The lowest BCUT2D eigenvalue weighted by atomic mass is 10.1. The van der Waals surface area contributed by atoms with E-state index in [1.165, 1.54) is 0 Å². The Morgan fingerprint density at radius 3 is 2.71 bits per heavy atom. The van der Waals surface area contributed by atoms with Crippen molar-refractivity contribution in [2.24, 2.45) is 0 Å². The minimum Gasteiger partial charge on any atom is -0.439 e. The van der Waals surface area contributed by atoms with Gasteiger partial charge >= 0.3 is 0 Å². The van der Waals surface area contributed by atoms with Crippen LogP contribution < -0.4 is 21.3 Å². The third-order valence-electron chi connectivity index (χ3n) is 5.04. The van der Waals surface area contributed by atoms with Crippen molar-refractivity contribution in [1.82, 2.24) is 30.3 Å². The maximum atomic E-state index is 12.7. The first-order valence-corrected chi connectivity index (χ1v) is 10.2. The highest BCUT2D eigenvalue weighted by Crippen LogP contribution is 2.32. The Balaban J connectivity index is 1.78. The van der Waals surface area contributed by atoms with Crippen LogP contribution in [0.3, 0.4) is 0 Å². The van der Waals surface area contributed by atoms with Crippen LogP contribution in [-0.2, 0) is 0 Å². The zero-order chi connectivity index (χ0) is 21.8. The molecule has 0 aliphatic heterocycles. The molecule has 1 aromatic carbocycles. The van der Waals surface area contributed by atoms with Crippen molar-refractivity contribution in [3.63, 3.8) is 0 Å². The molecule has 3 heterocycles. The molecule has 0 aliphatic rings. The van der Waals surface area contributed by atoms with Crippen molar-refractivity contribution in [3.8, 4) is 22.9 Å². The van der Waals surface area contributed by atoms with E-state index >= 15 is 0 Å². The van der Waals surface area contributed by atoms with E-state index in [2.05, 4.69) is 27.4 Å². The highest BCUT2D eigenvalue weighted by molar-refractivity contribution is 5.99. The van der Waals surface area contributed by atoms with Gasteiger partial charge in [-0.2, -0.15) is 10.2 Å². The molecule has 160 valence electrons. The third-order valence-corrected chi connectivity index (χ3v) is 5.04. The van der Waals surface area contributed by atoms with Crippen molar-refractivity contribution < 1.29 is 4.74 Å². The largest absolute Gasteiger partial charge is 0.439 e. The smallest absolute Gasteiger partial charge is 0.290 e. The summed E-state index contributed by atoms with van der Waals surface area (Å²) in [6.45, 7) is 2.78. The van der Waals surface area contributed by atoms with Gasteiger partial charge in [0.25, 0.3) is 5.56 Å². The van der Waals surface area contributed by atoms with Gasteiger partial charge in [-0.3, -0.25) is 9.48 Å². The van der Waals surface area contributed by atoms with E-state index in [-0.39, 0.29) is 17.4 Å². The molecule has 4 aromatic rings. The van der Waals surface area contributed by atoms with Crippen molar-refractivity contribution in [2.75, 3.05) is 19.3 Å². The van der Waals surface area contributed by atoms with Gasteiger partial charge in [0.2, 0.25) is 5.88 Å². The number of pyridine rings is 1. The maximum absolute atomic E-state index is 12.7. The SMILES string of the molecule is CCCC(CNC)n1nc(-c2ccc(Oc3ccccc3)nc2)c2c(N)n[nH]c(=O)c21. The normalized spacial score (nSPS) is 12.2. The molecule has 0 spiro atoms. The molecular weight excluding hydrogens is 394 g/mol. The number of fused-ring (bicyclic) bond motifs is 1. The summed E-state index contributed by atoms with van der Waals surface area (Å²) < 4.78 is 7.53. The van der Waals surface area contributed by atoms with Crippen LogP contribution in [-0.4, -0.2) is 38.6 Å². The highest BCUT2D eigenvalue weighted by Gasteiger charge is 2.23. The monoisotopic (exact) mass is 419 g/mol. The van der Waals surface area contributed by atoms with Gasteiger partial charge in [-0.25, -0.2) is 10.1 Å². The minimum atomic E-state index is -0.322. The van der Waals surface area contributed by atoms with E-state index in [9.17, 15) is 4.79 Å². The predicted molar refractivity (Wildman–Crippen MR) is 120 cm³/mol. The number of likely N-dealkylation sites (N-methyl/N-ethyl adjacent to an activating group) is 1. The fraction of sp³-hybridized carbons (Fsp3) is 0.273. The molecule has 9 nitrogen and oxygen atoms in total. The standard InChI is InChI=1S/C22H25N7O2/c1-3-7-15(13-24-2)29-20-18(21(23)26-27-22(20)30)19(28-29)14-10-11-17(25-12-14)31-16-8-5-4-6-9-16/h4-6,8-12,15,24H,3,7,13H2,1-2H3,(H2,23,26)(H,27,30). The molecule has 4 N–H and O–H groups in total. The Hall–Kier alpha value is -3.72. The van der Waals surface area contributed by atoms with Gasteiger partial charge < -0.3 is 15.8 Å². The van der Waals surface area contributed by atoms with Crippen LogP contribution >= 0.6 is 0 Å². The number of hydrogen-bond donors (Lipinski definition) is 3. The summed E-state index contributed by atoms with van der Waals surface area (Å²) in [7, 11) is 1.88. The average Bonchev–Trinajstić information content (AvgIpc) is 3.19. The summed E-state index contributed by atoms with van der Waals surface area (Å²) >= 11 is 0. The van der Waals surface area contributed by atoms with E-state index < -0.39 is 0 Å². The van der Waals surface area contributed by atoms with Crippen molar-refractivity contribution in [3.05, 3.63) is 59.0 Å². The summed E-state index contributed by atoms with van der Waals surface area (Å²) in [6, 6.07) is 13.1. The Labute approximate surface area is 179 Å². The molecule has 0 radical (unpaired) electrons. The van der Waals surface area contributed by atoms with Crippen molar-refractivity contribution in [1.29, 1.82) is 0 Å². The Kier molecular flexibility index (Phi) is 5.94. The molecule has 0 aliphatic carbocycles. The number of nitrogens with two attached hydrogens (primary N) is 1. The first kappa shape index (κ1) is 20.5. The molecule has 0 fully saturated rings. The van der Waals surface area contributed by atoms with Crippen LogP contribution in [0, 0.1) is 0 Å². The van der Waals surface area contributed by atoms with Gasteiger partial charge in [0, 0.05) is 24.4 Å². The van der Waals surface area contributed by atoms with Crippen LogP contribution in [0.15, 0.2) is 53.5 Å². The van der Waals surface area contributed by atoms with E-state index in [0.717, 1.165) is 18.4 Å². The van der Waals surface area contributed by atoms with Crippen LogP contribution in [0.2, 0.25) is 0 Å². The van der Waals surface area contributed by atoms with E-state index in [4.69, 9.17) is 15.6 Å². The van der Waals surface area contributed by atoms with Crippen molar-refractivity contribution >= 4 is 16.7 Å². The summed E-state index contributed by atoms with van der Waals surface area (Å²) in [4.78, 5) is 17.1. The lowest BCUT2D eigenvalue weighted by Crippen LogP contribution is -2.25. The number of H-pyrrole nitrogens is 1. The third kappa shape index (κ3) is 4.13. The van der Waals surface area contributed by atoms with Gasteiger partial charge in [0.1, 0.15) is 17.0 Å². The first-order chi connectivity index (χ1) is 15.1. The molecule has 3 aromatic heterocycles. The number of nitrogens with one attached hydrogen (secondary N) is 2. The predicted octanol–water partition coefficient (Wildman–Crippen LogP) is 3.12. The number of nitrogen functional groups attached to an aromatic ring is 1. The molecule has 0 saturated heterocycles. The molecule has 9 heteroatoms. The number of ether oxygens (including phenoxy) is 1. The lowest BCUT2D eigenvalue weighted by Gasteiger charge is -2.17. The number of aromatic amines is 1. The number of anilines is 1. The Morgan fingerprint density at radius 1 is 1.23 bits per heavy atom. The highest BCUT2D eigenvalue weighted by atomic mass is 16.5. The summed E-state index contributed by atoms with van der Waals surface area (Å²) in [6.07, 6.45) is 3.48. The van der Waals surface area contributed by atoms with Crippen molar-refractivity contribution in [2.45, 2.75) is 25.8 Å². The number of para-hydroxylation sites is 1. The second-order valence-electron chi connectivity index (χ2n) is 7.26. The van der Waals surface area contributed by atoms with Gasteiger partial charge in [0.15, 0.2) is 5.82 Å². The van der Waals surface area contributed by atoms with E-state index in [1.54, 1.807) is 16.9 Å². The van der Waals surface area contributed by atoms with E-state index in [0.29, 0.717) is 34.8 Å². The minimum absolute atomic E-state index is 0.00259. The lowest BCUT2D eigenvalue weighted by molar-refractivity contribution is 0.418. The average molecular weight is 419 g/mol. The Bertz CT molecular complexity index is 1210. The molecule has 1 unspecified atom stereocenters. The maximum Gasteiger partial charge on any atom is 0.290 e. The van der Waals surface area contributed by atoms with E-state index in [1.807, 2.05) is 43.4 Å². The van der Waals surface area contributed by atoms with Crippen LogP contribution in [0.1, 0.15) is 25.8 Å². The molecule has 4 rings (SSSR count).